The zero-order valence-electron chi connectivity index (χ0n) is 19.1. The van der Waals surface area contributed by atoms with Gasteiger partial charge in [-0.2, -0.15) is 4.31 Å². The molecule has 5 rings (SSSR count). The molecule has 0 unspecified atom stereocenters. The molecule has 1 aromatic heterocycles. The lowest BCUT2D eigenvalue weighted by Gasteiger charge is -2.45. The van der Waals surface area contributed by atoms with Crippen molar-refractivity contribution in [1.29, 1.82) is 0 Å². The molecule has 0 spiro atoms. The minimum absolute atomic E-state index is 0.149. The van der Waals surface area contributed by atoms with E-state index in [2.05, 4.69) is 10.2 Å². The van der Waals surface area contributed by atoms with E-state index in [0.29, 0.717) is 31.7 Å². The first-order valence-corrected chi connectivity index (χ1v) is 13.4. The van der Waals surface area contributed by atoms with E-state index in [1.807, 2.05) is 6.07 Å². The fourth-order valence-electron chi connectivity index (χ4n) is 5.12. The van der Waals surface area contributed by atoms with E-state index in [1.54, 1.807) is 30.5 Å². The van der Waals surface area contributed by atoms with E-state index in [-0.39, 0.29) is 29.3 Å². The maximum Gasteiger partial charge on any atom is 0.250 e. The van der Waals surface area contributed by atoms with Gasteiger partial charge in [-0.1, -0.05) is 0 Å². The first kappa shape index (κ1) is 22.9. The molecule has 9 nitrogen and oxygen atoms in total. The Labute approximate surface area is 199 Å². The Hall–Kier alpha value is -2.85. The van der Waals surface area contributed by atoms with Crippen molar-refractivity contribution < 1.29 is 22.4 Å². The van der Waals surface area contributed by atoms with Gasteiger partial charge >= 0.3 is 0 Å². The Kier molecular flexibility index (Phi) is 6.35. The molecular formula is C24H30N4O5S. The highest BCUT2D eigenvalue weighted by atomic mass is 32.2. The molecule has 3 aliphatic heterocycles. The summed E-state index contributed by atoms with van der Waals surface area (Å²) < 4.78 is 33.2. The van der Waals surface area contributed by atoms with E-state index in [0.717, 1.165) is 50.1 Å². The number of benzene rings is 1. The van der Waals surface area contributed by atoms with Crippen LogP contribution < -0.4 is 15.1 Å². The number of sulfonamides is 1. The summed E-state index contributed by atoms with van der Waals surface area (Å²) in [7, 11) is -3.64. The molecule has 0 bridgehead atoms. The lowest BCUT2D eigenvalue weighted by molar-refractivity contribution is -0.125. The summed E-state index contributed by atoms with van der Waals surface area (Å²) in [6.45, 7) is 2.00. The van der Waals surface area contributed by atoms with E-state index in [9.17, 15) is 18.0 Å². The fourth-order valence-corrected chi connectivity index (χ4v) is 6.66. The Balaban J connectivity index is 1.41. The number of carbonyl (C=O) groups is 2. The quantitative estimate of drug-likeness (QED) is 0.643. The van der Waals surface area contributed by atoms with Gasteiger partial charge in [-0.25, -0.2) is 8.42 Å². The Morgan fingerprint density at radius 2 is 1.85 bits per heavy atom. The van der Waals surface area contributed by atoms with Gasteiger partial charge in [0.2, 0.25) is 21.8 Å². The molecule has 2 saturated heterocycles. The molecule has 2 fully saturated rings. The molecule has 182 valence electrons. The van der Waals surface area contributed by atoms with Crippen LogP contribution in [0.1, 0.15) is 37.9 Å². The second-order valence-corrected chi connectivity index (χ2v) is 11.0. The van der Waals surface area contributed by atoms with Gasteiger partial charge < -0.3 is 14.6 Å². The third-order valence-corrected chi connectivity index (χ3v) is 8.77. The van der Waals surface area contributed by atoms with Crippen LogP contribution in [0.15, 0.2) is 45.9 Å². The minimum Gasteiger partial charge on any atom is -0.469 e. The monoisotopic (exact) mass is 486 g/mol. The van der Waals surface area contributed by atoms with Crippen LogP contribution in [0, 0.1) is 0 Å². The summed E-state index contributed by atoms with van der Waals surface area (Å²) in [6, 6.07) is 8.32. The Bertz CT molecular complexity index is 1160. The molecular weight excluding hydrogens is 456 g/mol. The standard InChI is InChI=1S/C24H30N4O5S/c29-23(25-11-10-18-6-5-15-33-18)17-28-22-16-19(34(31,32)26-12-3-4-13-26)8-9-20(22)27-14-2-1-7-21(27)24(28)30/h5-6,8-9,15-16,21H,1-4,7,10-14,17H2,(H,25,29)/t21-/m1/s1. The predicted molar refractivity (Wildman–Crippen MR) is 127 cm³/mol. The van der Waals surface area contributed by atoms with Crippen LogP contribution in [0.3, 0.4) is 0 Å². The van der Waals surface area contributed by atoms with Gasteiger partial charge in [-0.3, -0.25) is 14.5 Å². The lowest BCUT2D eigenvalue weighted by atomic mass is 9.96. The molecule has 1 atom stereocenters. The number of rotatable bonds is 7. The molecule has 34 heavy (non-hydrogen) atoms. The van der Waals surface area contributed by atoms with Gasteiger partial charge in [-0.15, -0.1) is 0 Å². The van der Waals surface area contributed by atoms with E-state index in [4.69, 9.17) is 4.42 Å². The van der Waals surface area contributed by atoms with Gasteiger partial charge in [0, 0.05) is 32.6 Å². The summed E-state index contributed by atoms with van der Waals surface area (Å²) in [5.74, 6) is 0.335. The predicted octanol–water partition coefficient (Wildman–Crippen LogP) is 2.13. The molecule has 0 aliphatic carbocycles. The fraction of sp³-hybridized carbons (Fsp3) is 0.500. The molecule has 10 heteroatoms. The van der Waals surface area contributed by atoms with Crippen molar-refractivity contribution in [3.05, 3.63) is 42.4 Å². The average Bonchev–Trinajstić information content (AvgIpc) is 3.56. The van der Waals surface area contributed by atoms with E-state index >= 15 is 0 Å². The molecule has 0 radical (unpaired) electrons. The van der Waals surface area contributed by atoms with E-state index < -0.39 is 10.0 Å². The van der Waals surface area contributed by atoms with Crippen molar-refractivity contribution >= 4 is 33.2 Å². The summed E-state index contributed by atoms with van der Waals surface area (Å²) in [6.07, 6.45) is 6.49. The zero-order chi connectivity index (χ0) is 23.7. The zero-order valence-corrected chi connectivity index (χ0v) is 19.9. The van der Waals surface area contributed by atoms with Crippen LogP contribution in [-0.4, -0.2) is 63.3 Å². The number of hydrogen-bond donors (Lipinski definition) is 1. The normalized spacial score (nSPS) is 20.8. The summed E-state index contributed by atoms with van der Waals surface area (Å²) in [5.41, 5.74) is 1.30. The van der Waals surface area contributed by atoms with Crippen molar-refractivity contribution in [2.45, 2.75) is 49.5 Å². The van der Waals surface area contributed by atoms with Crippen molar-refractivity contribution in [2.75, 3.05) is 42.5 Å². The summed E-state index contributed by atoms with van der Waals surface area (Å²) in [4.78, 5) is 29.9. The van der Waals surface area contributed by atoms with Crippen molar-refractivity contribution in [2.24, 2.45) is 0 Å². The van der Waals surface area contributed by atoms with Crippen molar-refractivity contribution in [1.82, 2.24) is 9.62 Å². The molecule has 1 aromatic carbocycles. The number of anilines is 2. The molecule has 2 aromatic rings. The first-order valence-electron chi connectivity index (χ1n) is 12.0. The average molecular weight is 487 g/mol. The lowest BCUT2D eigenvalue weighted by Crippen LogP contribution is -2.57. The van der Waals surface area contributed by atoms with Gasteiger partial charge in [-0.05, 0) is 62.4 Å². The minimum atomic E-state index is -3.64. The van der Waals surface area contributed by atoms with Gasteiger partial charge in [0.05, 0.1) is 22.5 Å². The maximum absolute atomic E-state index is 13.5. The SMILES string of the molecule is O=C(CN1C(=O)[C@H]2CCCCN2c2ccc(S(=O)(=O)N3CCCC3)cc21)NCCc1ccco1. The number of amides is 2. The number of carbonyl (C=O) groups excluding carboxylic acids is 2. The largest absolute Gasteiger partial charge is 0.469 e. The third-order valence-electron chi connectivity index (χ3n) is 6.88. The van der Waals surface area contributed by atoms with Gasteiger partial charge in [0.1, 0.15) is 18.3 Å². The molecule has 3 aliphatic rings. The highest BCUT2D eigenvalue weighted by Crippen LogP contribution is 2.41. The van der Waals surface area contributed by atoms with Crippen LogP contribution >= 0.6 is 0 Å². The van der Waals surface area contributed by atoms with Crippen LogP contribution in [-0.2, 0) is 26.0 Å². The second kappa shape index (κ2) is 9.42. The van der Waals surface area contributed by atoms with Gasteiger partial charge in [0.25, 0.3) is 0 Å². The molecule has 2 amide bonds. The highest BCUT2D eigenvalue weighted by Gasteiger charge is 2.41. The van der Waals surface area contributed by atoms with E-state index in [1.165, 1.54) is 9.21 Å². The number of fused-ring (bicyclic) bond motifs is 3. The maximum atomic E-state index is 13.5. The number of nitrogens with zero attached hydrogens (tertiary/aromatic N) is 3. The Morgan fingerprint density at radius 1 is 1.06 bits per heavy atom. The van der Waals surface area contributed by atoms with Crippen molar-refractivity contribution in [3.8, 4) is 0 Å². The number of furan rings is 1. The first-order chi connectivity index (χ1) is 16.4. The van der Waals surface area contributed by atoms with Crippen LogP contribution in [0.25, 0.3) is 0 Å². The topological polar surface area (TPSA) is 103 Å². The third kappa shape index (κ3) is 4.32. The number of nitrogens with one attached hydrogen (secondary N) is 1. The highest BCUT2D eigenvalue weighted by molar-refractivity contribution is 7.89. The molecule has 1 N–H and O–H groups in total. The van der Waals surface area contributed by atoms with Crippen LogP contribution in [0.2, 0.25) is 0 Å². The molecule has 0 saturated carbocycles. The summed E-state index contributed by atoms with van der Waals surface area (Å²) in [5, 5.41) is 2.85. The molecule has 4 heterocycles. The number of hydrogen-bond acceptors (Lipinski definition) is 6. The Morgan fingerprint density at radius 3 is 2.62 bits per heavy atom. The summed E-state index contributed by atoms with van der Waals surface area (Å²) >= 11 is 0. The number of piperidine rings is 1. The van der Waals surface area contributed by atoms with Crippen LogP contribution in [0.4, 0.5) is 11.4 Å². The van der Waals surface area contributed by atoms with Crippen LogP contribution in [0.5, 0.6) is 0 Å². The van der Waals surface area contributed by atoms with Gasteiger partial charge in [0.15, 0.2) is 0 Å². The van der Waals surface area contributed by atoms with Crippen molar-refractivity contribution in [3.63, 3.8) is 0 Å². The smallest absolute Gasteiger partial charge is 0.250 e. The second-order valence-electron chi connectivity index (χ2n) is 9.07.